The van der Waals surface area contributed by atoms with E-state index in [9.17, 15) is 0 Å². The Bertz CT molecular complexity index is 868. The highest BCUT2D eigenvalue weighted by atomic mass is 79.9. The minimum Gasteiger partial charge on any atom is -0.492 e. The maximum absolute atomic E-state index is 5.80. The van der Waals surface area contributed by atoms with E-state index >= 15 is 0 Å². The number of anilines is 1. The Morgan fingerprint density at radius 2 is 1.88 bits per heavy atom. The third-order valence-corrected chi connectivity index (χ3v) is 4.52. The third kappa shape index (κ3) is 3.92. The summed E-state index contributed by atoms with van der Waals surface area (Å²) in [5.74, 6) is 1.61. The average Bonchev–Trinajstić information content (AvgIpc) is 2.86. The molecular formula is C18H22BrN5O. The third-order valence-electron chi connectivity index (χ3n) is 3.96. The summed E-state index contributed by atoms with van der Waals surface area (Å²) in [5.41, 5.74) is 2.22. The molecule has 0 spiro atoms. The van der Waals surface area contributed by atoms with Crippen molar-refractivity contribution in [1.29, 1.82) is 0 Å². The first-order valence-electron chi connectivity index (χ1n) is 8.16. The second-order valence-corrected chi connectivity index (χ2v) is 7.64. The van der Waals surface area contributed by atoms with Gasteiger partial charge in [-0.15, -0.1) is 0 Å². The molecule has 3 rings (SSSR count). The first-order chi connectivity index (χ1) is 11.9. The summed E-state index contributed by atoms with van der Waals surface area (Å²) in [6, 6.07) is 8.26. The fourth-order valence-corrected chi connectivity index (χ4v) is 3.17. The molecular weight excluding hydrogens is 382 g/mol. The Balaban J connectivity index is 1.59. The molecule has 0 unspecified atom stereocenters. The van der Waals surface area contributed by atoms with Gasteiger partial charge in [0.05, 0.1) is 11.9 Å². The highest BCUT2D eigenvalue weighted by Gasteiger charge is 2.14. The lowest BCUT2D eigenvalue weighted by molar-refractivity contribution is 0.332. The molecule has 1 aromatic carbocycles. The molecule has 6 nitrogen and oxygen atoms in total. The van der Waals surface area contributed by atoms with Crippen molar-refractivity contribution in [1.82, 2.24) is 19.7 Å². The van der Waals surface area contributed by atoms with Crippen molar-refractivity contribution < 1.29 is 4.74 Å². The van der Waals surface area contributed by atoms with Crippen molar-refractivity contribution in [2.75, 3.05) is 18.5 Å². The quantitative estimate of drug-likeness (QED) is 0.654. The van der Waals surface area contributed by atoms with Gasteiger partial charge in [-0.2, -0.15) is 5.10 Å². The van der Waals surface area contributed by atoms with Gasteiger partial charge in [-0.25, -0.2) is 14.6 Å². The van der Waals surface area contributed by atoms with Crippen LogP contribution < -0.4 is 10.1 Å². The number of ether oxygens (including phenoxy) is 1. The monoisotopic (exact) mass is 403 g/mol. The molecule has 0 amide bonds. The Kier molecular flexibility index (Phi) is 4.94. The van der Waals surface area contributed by atoms with Gasteiger partial charge < -0.3 is 10.1 Å². The summed E-state index contributed by atoms with van der Waals surface area (Å²) in [7, 11) is 1.86. The Morgan fingerprint density at radius 3 is 2.56 bits per heavy atom. The average molecular weight is 404 g/mol. The number of fused-ring (bicyclic) bond motifs is 1. The number of nitrogens with zero attached hydrogens (tertiary/aromatic N) is 4. The molecule has 2 aromatic heterocycles. The summed E-state index contributed by atoms with van der Waals surface area (Å²) in [6.07, 6.45) is 1.53. The zero-order valence-electron chi connectivity index (χ0n) is 14.9. The molecule has 1 N–H and O–H groups in total. The van der Waals surface area contributed by atoms with E-state index < -0.39 is 0 Å². The first kappa shape index (κ1) is 17.7. The number of hydrogen-bond acceptors (Lipinski definition) is 5. The molecule has 0 atom stereocenters. The highest BCUT2D eigenvalue weighted by Crippen LogP contribution is 2.27. The number of aromatic nitrogens is 4. The molecule has 25 heavy (non-hydrogen) atoms. The molecule has 0 radical (unpaired) electrons. The van der Waals surface area contributed by atoms with E-state index in [1.807, 2.05) is 19.2 Å². The van der Waals surface area contributed by atoms with Crippen molar-refractivity contribution in [2.45, 2.75) is 26.2 Å². The van der Waals surface area contributed by atoms with Gasteiger partial charge >= 0.3 is 0 Å². The van der Waals surface area contributed by atoms with E-state index in [0.29, 0.717) is 13.2 Å². The molecule has 3 aromatic rings. The number of benzene rings is 1. The minimum absolute atomic E-state index is 0.148. The topological polar surface area (TPSA) is 64.9 Å². The summed E-state index contributed by atoms with van der Waals surface area (Å²) in [4.78, 5) is 8.56. The Hall–Kier alpha value is -2.15. The fraction of sp³-hybridized carbons (Fsp3) is 0.389. The zero-order chi connectivity index (χ0) is 18.0. The number of hydrogen-bond donors (Lipinski definition) is 1. The number of aryl methyl sites for hydroxylation is 1. The molecule has 0 aliphatic heterocycles. The van der Waals surface area contributed by atoms with Gasteiger partial charge in [0, 0.05) is 7.05 Å². The lowest BCUT2D eigenvalue weighted by Gasteiger charge is -2.19. The molecule has 0 bridgehead atoms. The van der Waals surface area contributed by atoms with Gasteiger partial charge in [-0.3, -0.25) is 0 Å². The molecule has 0 saturated heterocycles. The predicted molar refractivity (Wildman–Crippen MR) is 103 cm³/mol. The van der Waals surface area contributed by atoms with Gasteiger partial charge in [-0.05, 0) is 39.0 Å². The van der Waals surface area contributed by atoms with Crippen LogP contribution >= 0.6 is 15.9 Å². The number of nitrogens with one attached hydrogen (secondary N) is 1. The van der Waals surface area contributed by atoms with Crippen LogP contribution in [0.1, 0.15) is 26.3 Å². The second-order valence-electron chi connectivity index (χ2n) is 6.88. The van der Waals surface area contributed by atoms with Gasteiger partial charge in [0.2, 0.25) is 0 Å². The Labute approximate surface area is 155 Å². The van der Waals surface area contributed by atoms with E-state index in [1.165, 1.54) is 11.9 Å². The molecule has 2 heterocycles. The lowest BCUT2D eigenvalue weighted by Crippen LogP contribution is -2.13. The van der Waals surface area contributed by atoms with Gasteiger partial charge in [0.25, 0.3) is 0 Å². The number of rotatable bonds is 5. The first-order valence-corrected chi connectivity index (χ1v) is 8.96. The van der Waals surface area contributed by atoms with E-state index in [1.54, 1.807) is 4.68 Å². The highest BCUT2D eigenvalue weighted by molar-refractivity contribution is 9.10. The maximum Gasteiger partial charge on any atom is 0.164 e. The van der Waals surface area contributed by atoms with Crippen molar-refractivity contribution in [2.24, 2.45) is 7.05 Å². The lowest BCUT2D eigenvalue weighted by atomic mass is 9.87. The largest absolute Gasteiger partial charge is 0.492 e. The van der Waals surface area contributed by atoms with E-state index in [-0.39, 0.29) is 5.41 Å². The van der Waals surface area contributed by atoms with E-state index in [4.69, 9.17) is 4.74 Å². The second kappa shape index (κ2) is 7.00. The van der Waals surface area contributed by atoms with Crippen LogP contribution in [-0.4, -0.2) is 32.9 Å². The minimum atomic E-state index is 0.148. The van der Waals surface area contributed by atoms with Crippen LogP contribution in [0.4, 0.5) is 5.82 Å². The van der Waals surface area contributed by atoms with Crippen LogP contribution in [0, 0.1) is 0 Å². The van der Waals surface area contributed by atoms with Gasteiger partial charge in [0.1, 0.15) is 29.1 Å². The van der Waals surface area contributed by atoms with Crippen molar-refractivity contribution in [3.05, 3.63) is 40.8 Å². The van der Waals surface area contributed by atoms with Crippen LogP contribution in [0.5, 0.6) is 5.75 Å². The summed E-state index contributed by atoms with van der Waals surface area (Å²) < 4.78 is 8.25. The van der Waals surface area contributed by atoms with Crippen molar-refractivity contribution in [3.8, 4) is 5.75 Å². The molecule has 0 aliphatic carbocycles. The van der Waals surface area contributed by atoms with Crippen LogP contribution in [0.2, 0.25) is 0 Å². The zero-order valence-corrected chi connectivity index (χ0v) is 16.5. The van der Waals surface area contributed by atoms with Crippen molar-refractivity contribution >= 4 is 32.8 Å². The molecule has 0 aliphatic rings. The summed E-state index contributed by atoms with van der Waals surface area (Å²) in [5, 5.41) is 8.48. The van der Waals surface area contributed by atoms with E-state index in [2.05, 4.69) is 69.2 Å². The summed E-state index contributed by atoms with van der Waals surface area (Å²) >= 11 is 3.45. The normalized spacial score (nSPS) is 11.7. The summed E-state index contributed by atoms with van der Waals surface area (Å²) in [6.45, 7) is 7.77. The number of halogens is 1. The maximum atomic E-state index is 5.80. The smallest absolute Gasteiger partial charge is 0.164 e. The SMILES string of the molecule is Cn1nc(Br)c2c(NCCOc3ccc(C(C)(C)C)cc3)ncnc21. The van der Waals surface area contributed by atoms with Crippen LogP contribution in [0.3, 0.4) is 0 Å². The van der Waals surface area contributed by atoms with E-state index in [0.717, 1.165) is 27.2 Å². The fourth-order valence-electron chi connectivity index (χ4n) is 2.56. The van der Waals surface area contributed by atoms with Crippen LogP contribution in [-0.2, 0) is 12.5 Å². The predicted octanol–water partition coefficient (Wildman–Crippen LogP) is 3.91. The van der Waals surface area contributed by atoms with Crippen LogP contribution in [0.25, 0.3) is 11.0 Å². The van der Waals surface area contributed by atoms with Gasteiger partial charge in [-0.1, -0.05) is 32.9 Å². The Morgan fingerprint density at radius 1 is 1.16 bits per heavy atom. The molecule has 0 fully saturated rings. The van der Waals surface area contributed by atoms with Crippen molar-refractivity contribution in [3.63, 3.8) is 0 Å². The molecule has 0 saturated carbocycles. The standard InChI is InChI=1S/C18H22BrN5O/c1-18(2,3)12-5-7-13(8-6-12)25-10-9-20-16-14-15(19)23-24(4)17(14)22-11-21-16/h5-8,11H,9-10H2,1-4H3,(H,20,21,22). The molecule has 7 heteroatoms. The molecule has 132 valence electrons. The van der Waals surface area contributed by atoms with Gasteiger partial charge in [0.15, 0.2) is 5.65 Å². The van der Waals surface area contributed by atoms with Crippen LogP contribution in [0.15, 0.2) is 35.2 Å².